The first-order valence-corrected chi connectivity index (χ1v) is 4.64. The van der Waals surface area contributed by atoms with Gasteiger partial charge in [0.05, 0.1) is 13.2 Å². The minimum atomic E-state index is 0.521. The molecule has 0 amide bonds. The summed E-state index contributed by atoms with van der Waals surface area (Å²) in [6.07, 6.45) is 0. The zero-order valence-electron chi connectivity index (χ0n) is 9.05. The lowest BCUT2D eigenvalue weighted by Crippen LogP contribution is -2.06. The Kier molecular flexibility index (Phi) is 7.74. The van der Waals surface area contributed by atoms with Crippen molar-refractivity contribution in [3.05, 3.63) is 11.3 Å². The molecule has 78 valence electrons. The maximum absolute atomic E-state index is 5.42. The van der Waals surface area contributed by atoms with E-state index in [0.717, 1.165) is 17.9 Å². The SMILES string of the molecule is CCOCC(C)=C(COC)OCC. The van der Waals surface area contributed by atoms with E-state index in [2.05, 4.69) is 0 Å². The minimum Gasteiger partial charge on any atom is -0.496 e. The van der Waals surface area contributed by atoms with Crippen LogP contribution in [0.4, 0.5) is 0 Å². The highest BCUT2D eigenvalue weighted by molar-refractivity contribution is 5.06. The fourth-order valence-electron chi connectivity index (χ4n) is 0.929. The lowest BCUT2D eigenvalue weighted by atomic mass is 10.3. The molecule has 0 aliphatic rings. The van der Waals surface area contributed by atoms with Gasteiger partial charge in [0, 0.05) is 13.7 Å². The second-order valence-corrected chi connectivity index (χ2v) is 2.71. The van der Waals surface area contributed by atoms with E-state index in [1.807, 2.05) is 20.8 Å². The Balaban J connectivity index is 4.08. The molecule has 0 unspecified atom stereocenters. The summed E-state index contributed by atoms with van der Waals surface area (Å²) in [4.78, 5) is 0. The summed E-state index contributed by atoms with van der Waals surface area (Å²) in [5, 5.41) is 0. The van der Waals surface area contributed by atoms with E-state index < -0.39 is 0 Å². The fourth-order valence-corrected chi connectivity index (χ4v) is 0.929. The molecule has 3 nitrogen and oxygen atoms in total. The van der Waals surface area contributed by atoms with Gasteiger partial charge in [0.1, 0.15) is 12.4 Å². The van der Waals surface area contributed by atoms with Crippen LogP contribution in [0.2, 0.25) is 0 Å². The molecule has 0 aromatic carbocycles. The molecule has 0 aliphatic heterocycles. The second kappa shape index (κ2) is 8.08. The number of hydrogen-bond donors (Lipinski definition) is 0. The Morgan fingerprint density at radius 1 is 1.08 bits per heavy atom. The fraction of sp³-hybridized carbons (Fsp3) is 0.800. The smallest absolute Gasteiger partial charge is 0.123 e. The summed E-state index contributed by atoms with van der Waals surface area (Å²) in [6.45, 7) is 8.47. The number of rotatable bonds is 7. The quantitative estimate of drug-likeness (QED) is 0.572. The summed E-state index contributed by atoms with van der Waals surface area (Å²) in [7, 11) is 1.66. The molecular weight excluding hydrogens is 168 g/mol. The molecule has 3 heteroatoms. The zero-order valence-corrected chi connectivity index (χ0v) is 9.05. The molecule has 0 aromatic rings. The summed E-state index contributed by atoms with van der Waals surface area (Å²) in [6, 6.07) is 0. The standard InChI is InChI=1S/C10H20O3/c1-5-12-7-9(3)10(8-11-4)13-6-2/h5-8H2,1-4H3. The van der Waals surface area contributed by atoms with E-state index in [4.69, 9.17) is 14.2 Å². The molecule has 0 aromatic heterocycles. The van der Waals surface area contributed by atoms with E-state index in [9.17, 15) is 0 Å². The van der Waals surface area contributed by atoms with Crippen LogP contribution in [0.5, 0.6) is 0 Å². The van der Waals surface area contributed by atoms with E-state index in [1.54, 1.807) is 7.11 Å². The average molecular weight is 188 g/mol. The monoisotopic (exact) mass is 188 g/mol. The molecule has 0 saturated heterocycles. The topological polar surface area (TPSA) is 27.7 Å². The van der Waals surface area contributed by atoms with Gasteiger partial charge in [-0.3, -0.25) is 0 Å². The maximum atomic E-state index is 5.42. The molecule has 0 N–H and O–H groups in total. The summed E-state index contributed by atoms with van der Waals surface area (Å²) in [5.41, 5.74) is 1.10. The first kappa shape index (κ1) is 12.5. The van der Waals surface area contributed by atoms with Gasteiger partial charge >= 0.3 is 0 Å². The molecule has 0 heterocycles. The van der Waals surface area contributed by atoms with Crippen molar-refractivity contribution >= 4 is 0 Å². The highest BCUT2D eigenvalue weighted by atomic mass is 16.5. The third-order valence-corrected chi connectivity index (χ3v) is 1.59. The van der Waals surface area contributed by atoms with Crippen LogP contribution >= 0.6 is 0 Å². The lowest BCUT2D eigenvalue weighted by molar-refractivity contribution is 0.123. The van der Waals surface area contributed by atoms with Crippen molar-refractivity contribution in [1.29, 1.82) is 0 Å². The molecule has 0 rings (SSSR count). The van der Waals surface area contributed by atoms with E-state index in [1.165, 1.54) is 0 Å². The number of hydrogen-bond acceptors (Lipinski definition) is 3. The van der Waals surface area contributed by atoms with Crippen molar-refractivity contribution in [2.75, 3.05) is 33.5 Å². The first-order valence-electron chi connectivity index (χ1n) is 4.64. The van der Waals surface area contributed by atoms with Crippen LogP contribution in [-0.4, -0.2) is 33.5 Å². The zero-order chi connectivity index (χ0) is 10.1. The predicted octanol–water partition coefficient (Wildman–Crippen LogP) is 1.98. The highest BCUT2D eigenvalue weighted by Crippen LogP contribution is 2.06. The Bertz CT molecular complexity index is 144. The molecule has 0 fully saturated rings. The third-order valence-electron chi connectivity index (χ3n) is 1.59. The van der Waals surface area contributed by atoms with Gasteiger partial charge in [-0.25, -0.2) is 0 Å². The van der Waals surface area contributed by atoms with Gasteiger partial charge in [-0.05, 0) is 26.3 Å². The highest BCUT2D eigenvalue weighted by Gasteiger charge is 2.02. The van der Waals surface area contributed by atoms with Crippen molar-refractivity contribution in [2.45, 2.75) is 20.8 Å². The minimum absolute atomic E-state index is 0.521. The summed E-state index contributed by atoms with van der Waals surface area (Å²) < 4.78 is 15.7. The van der Waals surface area contributed by atoms with Crippen LogP contribution in [-0.2, 0) is 14.2 Å². The Labute approximate surface area is 80.7 Å². The van der Waals surface area contributed by atoms with Crippen LogP contribution in [0.25, 0.3) is 0 Å². The number of ether oxygens (including phenoxy) is 3. The van der Waals surface area contributed by atoms with Crippen molar-refractivity contribution in [2.24, 2.45) is 0 Å². The predicted molar refractivity (Wildman–Crippen MR) is 52.7 cm³/mol. The Morgan fingerprint density at radius 2 is 1.77 bits per heavy atom. The third kappa shape index (κ3) is 5.66. The normalized spacial score (nSPS) is 12.6. The van der Waals surface area contributed by atoms with E-state index in [-0.39, 0.29) is 0 Å². The van der Waals surface area contributed by atoms with Crippen LogP contribution in [0.3, 0.4) is 0 Å². The molecule has 13 heavy (non-hydrogen) atoms. The largest absolute Gasteiger partial charge is 0.496 e. The van der Waals surface area contributed by atoms with Gasteiger partial charge in [0.2, 0.25) is 0 Å². The van der Waals surface area contributed by atoms with Crippen LogP contribution in [0, 0.1) is 0 Å². The number of methoxy groups -OCH3 is 1. The summed E-state index contributed by atoms with van der Waals surface area (Å²) >= 11 is 0. The molecule has 0 bridgehead atoms. The average Bonchev–Trinajstić information content (AvgIpc) is 2.14. The first-order chi connectivity index (χ1) is 6.26. The van der Waals surface area contributed by atoms with Gasteiger partial charge in [-0.15, -0.1) is 0 Å². The van der Waals surface area contributed by atoms with Crippen LogP contribution < -0.4 is 0 Å². The molecule has 0 spiro atoms. The molecule has 0 atom stereocenters. The van der Waals surface area contributed by atoms with Gasteiger partial charge in [0.15, 0.2) is 0 Å². The van der Waals surface area contributed by atoms with Gasteiger partial charge < -0.3 is 14.2 Å². The molecule has 0 aliphatic carbocycles. The van der Waals surface area contributed by atoms with Crippen LogP contribution in [0.15, 0.2) is 11.3 Å². The van der Waals surface area contributed by atoms with Crippen molar-refractivity contribution < 1.29 is 14.2 Å². The van der Waals surface area contributed by atoms with Crippen LogP contribution in [0.1, 0.15) is 20.8 Å². The Hall–Kier alpha value is -0.540. The van der Waals surface area contributed by atoms with Gasteiger partial charge in [-0.1, -0.05) is 0 Å². The molecule has 0 saturated carbocycles. The van der Waals surface area contributed by atoms with Gasteiger partial charge in [0.25, 0.3) is 0 Å². The summed E-state index contributed by atoms with van der Waals surface area (Å²) in [5.74, 6) is 0.887. The van der Waals surface area contributed by atoms with Crippen molar-refractivity contribution in [1.82, 2.24) is 0 Å². The van der Waals surface area contributed by atoms with Crippen molar-refractivity contribution in [3.8, 4) is 0 Å². The van der Waals surface area contributed by atoms with E-state index in [0.29, 0.717) is 19.8 Å². The van der Waals surface area contributed by atoms with Crippen molar-refractivity contribution in [3.63, 3.8) is 0 Å². The van der Waals surface area contributed by atoms with Gasteiger partial charge in [-0.2, -0.15) is 0 Å². The molecular formula is C10H20O3. The lowest BCUT2D eigenvalue weighted by Gasteiger charge is -2.11. The maximum Gasteiger partial charge on any atom is 0.123 e. The van der Waals surface area contributed by atoms with E-state index >= 15 is 0 Å². The second-order valence-electron chi connectivity index (χ2n) is 2.71. The Morgan fingerprint density at radius 3 is 2.23 bits per heavy atom. The molecule has 0 radical (unpaired) electrons.